The summed E-state index contributed by atoms with van der Waals surface area (Å²) in [6.07, 6.45) is 11.4. The minimum absolute atomic E-state index is 0.651. The Balaban J connectivity index is 1.83. The fraction of sp³-hybridized carbons (Fsp3) is 0.800. The van der Waals surface area contributed by atoms with E-state index in [0.717, 1.165) is 5.00 Å². The van der Waals surface area contributed by atoms with Gasteiger partial charge in [-0.2, -0.15) is 0 Å². The van der Waals surface area contributed by atoms with Gasteiger partial charge in [-0.15, -0.1) is 5.10 Å². The average Bonchev–Trinajstić information content (AvgIpc) is 2.62. The molecule has 1 N–H and O–H groups in total. The highest BCUT2D eigenvalue weighted by atomic mass is 32.1. The van der Waals surface area contributed by atoms with Crippen molar-refractivity contribution < 1.29 is 0 Å². The van der Waals surface area contributed by atoms with Gasteiger partial charge in [-0.05, 0) is 12.8 Å². The molecule has 0 spiro atoms. The number of rotatable bonds is 2. The molecule has 1 aliphatic carbocycles. The van der Waals surface area contributed by atoms with Crippen LogP contribution in [0.3, 0.4) is 0 Å². The van der Waals surface area contributed by atoms with E-state index in [0.29, 0.717) is 6.04 Å². The fourth-order valence-electron chi connectivity index (χ4n) is 2.03. The van der Waals surface area contributed by atoms with Crippen LogP contribution in [0.1, 0.15) is 44.9 Å². The highest BCUT2D eigenvalue weighted by molar-refractivity contribution is 7.09. The first-order valence-corrected chi connectivity index (χ1v) is 6.26. The second-order valence-electron chi connectivity index (χ2n) is 3.97. The Labute approximate surface area is 89.1 Å². The van der Waals surface area contributed by atoms with E-state index in [4.69, 9.17) is 0 Å². The molecule has 2 rings (SSSR count). The lowest BCUT2D eigenvalue weighted by Gasteiger charge is -2.20. The monoisotopic (exact) mass is 211 g/mol. The van der Waals surface area contributed by atoms with Crippen LogP contribution in [0, 0.1) is 0 Å². The lowest BCUT2D eigenvalue weighted by molar-refractivity contribution is 0.472. The second kappa shape index (κ2) is 5.29. The zero-order valence-corrected chi connectivity index (χ0v) is 9.22. The number of anilines is 1. The van der Waals surface area contributed by atoms with E-state index in [2.05, 4.69) is 14.9 Å². The van der Waals surface area contributed by atoms with Gasteiger partial charge >= 0.3 is 0 Å². The third kappa shape index (κ3) is 2.94. The maximum atomic E-state index is 3.86. The fourth-order valence-corrected chi connectivity index (χ4v) is 2.53. The van der Waals surface area contributed by atoms with Crippen molar-refractivity contribution in [2.75, 3.05) is 5.32 Å². The SMILES string of the molecule is c1nnsc1NC1CCCCCCC1. The van der Waals surface area contributed by atoms with Crippen LogP contribution in [0.4, 0.5) is 5.00 Å². The summed E-state index contributed by atoms with van der Waals surface area (Å²) in [5.41, 5.74) is 0. The van der Waals surface area contributed by atoms with Crippen molar-refractivity contribution in [3.05, 3.63) is 6.20 Å². The van der Waals surface area contributed by atoms with Crippen LogP contribution < -0.4 is 5.32 Å². The first-order valence-electron chi connectivity index (χ1n) is 5.49. The van der Waals surface area contributed by atoms with Gasteiger partial charge in [-0.25, -0.2) is 0 Å². The van der Waals surface area contributed by atoms with Gasteiger partial charge in [0.2, 0.25) is 0 Å². The first-order chi connectivity index (χ1) is 6.95. The van der Waals surface area contributed by atoms with E-state index in [9.17, 15) is 0 Å². The van der Waals surface area contributed by atoms with Gasteiger partial charge < -0.3 is 5.32 Å². The normalized spacial score (nSPS) is 20.0. The average molecular weight is 211 g/mol. The van der Waals surface area contributed by atoms with Crippen molar-refractivity contribution in [2.45, 2.75) is 51.0 Å². The number of aromatic nitrogens is 2. The minimum atomic E-state index is 0.651. The second-order valence-corrected chi connectivity index (χ2v) is 4.75. The molecule has 3 nitrogen and oxygen atoms in total. The third-order valence-corrected chi connectivity index (χ3v) is 3.41. The summed E-state index contributed by atoms with van der Waals surface area (Å²) in [4.78, 5) is 0. The number of nitrogens with one attached hydrogen (secondary N) is 1. The van der Waals surface area contributed by atoms with Crippen molar-refractivity contribution in [1.29, 1.82) is 0 Å². The van der Waals surface area contributed by atoms with Crippen molar-refractivity contribution in [3.63, 3.8) is 0 Å². The highest BCUT2D eigenvalue weighted by Crippen LogP contribution is 2.21. The van der Waals surface area contributed by atoms with Crippen molar-refractivity contribution in [2.24, 2.45) is 0 Å². The molecule has 0 bridgehead atoms. The number of nitrogens with zero attached hydrogens (tertiary/aromatic N) is 2. The molecule has 0 aromatic carbocycles. The summed E-state index contributed by atoms with van der Waals surface area (Å²) >= 11 is 1.46. The topological polar surface area (TPSA) is 37.8 Å². The summed E-state index contributed by atoms with van der Waals surface area (Å²) in [5.74, 6) is 0. The summed E-state index contributed by atoms with van der Waals surface area (Å²) < 4.78 is 3.86. The zero-order chi connectivity index (χ0) is 9.64. The Morgan fingerprint density at radius 1 is 1.14 bits per heavy atom. The smallest absolute Gasteiger partial charge is 0.130 e. The lowest BCUT2D eigenvalue weighted by atomic mass is 9.97. The Kier molecular flexibility index (Phi) is 3.74. The molecule has 0 saturated heterocycles. The lowest BCUT2D eigenvalue weighted by Crippen LogP contribution is -2.19. The van der Waals surface area contributed by atoms with E-state index in [1.807, 2.05) is 6.20 Å². The largest absolute Gasteiger partial charge is 0.372 e. The van der Waals surface area contributed by atoms with E-state index >= 15 is 0 Å². The number of hydrogen-bond acceptors (Lipinski definition) is 4. The minimum Gasteiger partial charge on any atom is -0.372 e. The predicted molar refractivity (Wildman–Crippen MR) is 59.6 cm³/mol. The molecule has 1 heterocycles. The summed E-state index contributed by atoms with van der Waals surface area (Å²) in [6.45, 7) is 0. The molecule has 1 aliphatic rings. The summed E-state index contributed by atoms with van der Waals surface area (Å²) in [7, 11) is 0. The Hall–Kier alpha value is -0.640. The van der Waals surface area contributed by atoms with Crippen LogP contribution in [-0.2, 0) is 0 Å². The summed E-state index contributed by atoms with van der Waals surface area (Å²) in [5, 5.41) is 8.48. The molecule has 1 aromatic heterocycles. The Bertz CT molecular complexity index is 240. The third-order valence-electron chi connectivity index (χ3n) is 2.81. The Morgan fingerprint density at radius 2 is 1.86 bits per heavy atom. The molecule has 0 aliphatic heterocycles. The van der Waals surface area contributed by atoms with Crippen LogP contribution in [0.25, 0.3) is 0 Å². The highest BCUT2D eigenvalue weighted by Gasteiger charge is 2.11. The standard InChI is InChI=1S/C10H17N3S/c1-2-4-6-9(7-5-3-1)12-10-8-11-13-14-10/h8-9,12H,1-7H2. The molecule has 1 aromatic rings. The maximum Gasteiger partial charge on any atom is 0.130 e. The van der Waals surface area contributed by atoms with Crippen LogP contribution in [0.15, 0.2) is 6.20 Å². The van der Waals surface area contributed by atoms with E-state index in [-0.39, 0.29) is 0 Å². The van der Waals surface area contributed by atoms with Gasteiger partial charge in [-0.3, -0.25) is 0 Å². The van der Waals surface area contributed by atoms with E-state index in [1.165, 1.54) is 56.5 Å². The molecular formula is C10H17N3S. The quantitative estimate of drug-likeness (QED) is 0.817. The van der Waals surface area contributed by atoms with E-state index < -0.39 is 0 Å². The zero-order valence-electron chi connectivity index (χ0n) is 8.41. The maximum absolute atomic E-state index is 3.86. The van der Waals surface area contributed by atoms with Crippen LogP contribution >= 0.6 is 11.5 Å². The number of hydrogen-bond donors (Lipinski definition) is 1. The van der Waals surface area contributed by atoms with Gasteiger partial charge in [-0.1, -0.05) is 36.6 Å². The van der Waals surface area contributed by atoms with Gasteiger partial charge in [0, 0.05) is 17.6 Å². The Morgan fingerprint density at radius 3 is 2.50 bits per heavy atom. The van der Waals surface area contributed by atoms with Crippen LogP contribution in [0.5, 0.6) is 0 Å². The van der Waals surface area contributed by atoms with Gasteiger partial charge in [0.1, 0.15) is 5.00 Å². The molecule has 0 unspecified atom stereocenters. The molecule has 0 atom stereocenters. The molecule has 78 valence electrons. The molecule has 0 amide bonds. The van der Waals surface area contributed by atoms with Gasteiger partial charge in [0.05, 0.1) is 6.20 Å². The van der Waals surface area contributed by atoms with Gasteiger partial charge in [0.15, 0.2) is 0 Å². The van der Waals surface area contributed by atoms with Crippen molar-refractivity contribution >= 4 is 16.5 Å². The van der Waals surface area contributed by atoms with Crippen LogP contribution in [0.2, 0.25) is 0 Å². The molecular weight excluding hydrogens is 194 g/mol. The van der Waals surface area contributed by atoms with Gasteiger partial charge in [0.25, 0.3) is 0 Å². The van der Waals surface area contributed by atoms with Crippen molar-refractivity contribution in [3.8, 4) is 0 Å². The summed E-state index contributed by atoms with van der Waals surface area (Å²) in [6, 6.07) is 0.651. The van der Waals surface area contributed by atoms with Crippen LogP contribution in [-0.4, -0.2) is 15.6 Å². The predicted octanol–water partition coefficient (Wildman–Crippen LogP) is 3.06. The molecule has 1 saturated carbocycles. The first kappa shape index (κ1) is 9.90. The molecule has 14 heavy (non-hydrogen) atoms. The molecule has 1 fully saturated rings. The van der Waals surface area contributed by atoms with Crippen molar-refractivity contribution in [1.82, 2.24) is 9.59 Å². The molecule has 4 heteroatoms. The van der Waals surface area contributed by atoms with E-state index in [1.54, 1.807) is 0 Å². The molecule has 0 radical (unpaired) electrons.